The summed E-state index contributed by atoms with van der Waals surface area (Å²) in [5, 5.41) is 4.82. The van der Waals surface area contributed by atoms with Gasteiger partial charge < -0.3 is 15.0 Å². The summed E-state index contributed by atoms with van der Waals surface area (Å²) in [6, 6.07) is 14.7. The van der Waals surface area contributed by atoms with E-state index in [-0.39, 0.29) is 17.7 Å². The third-order valence-corrected chi connectivity index (χ3v) is 5.97. The van der Waals surface area contributed by atoms with E-state index in [2.05, 4.69) is 10.3 Å². The summed E-state index contributed by atoms with van der Waals surface area (Å²) in [5.74, 6) is -1.16. The smallest absolute Gasteiger partial charge is 0.338 e. The summed E-state index contributed by atoms with van der Waals surface area (Å²) in [6.07, 6.45) is 2.85. The van der Waals surface area contributed by atoms with Crippen LogP contribution >= 0.6 is 11.6 Å². The number of rotatable bonds is 3. The maximum Gasteiger partial charge on any atom is 0.338 e. The van der Waals surface area contributed by atoms with E-state index in [1.807, 2.05) is 30.3 Å². The maximum absolute atomic E-state index is 12.6. The molecule has 0 saturated carbocycles. The Bertz CT molecular complexity index is 1170. The maximum atomic E-state index is 12.6. The molecular weight excluding hydrogens is 430 g/mol. The van der Waals surface area contributed by atoms with Gasteiger partial charge in [0.25, 0.3) is 0 Å². The highest BCUT2D eigenvalue weighted by molar-refractivity contribution is 6.39. The van der Waals surface area contributed by atoms with Gasteiger partial charge in [-0.3, -0.25) is 9.59 Å². The van der Waals surface area contributed by atoms with Crippen molar-refractivity contribution < 1.29 is 19.1 Å². The first-order chi connectivity index (χ1) is 15.5. The number of carbonyl (C=O) groups excluding carboxylic acids is 3. The summed E-state index contributed by atoms with van der Waals surface area (Å²) < 4.78 is 4.91. The number of hydrogen-bond acceptors (Lipinski definition) is 5. The molecule has 2 heterocycles. The number of ether oxygens (including phenoxy) is 1. The van der Waals surface area contributed by atoms with E-state index in [4.69, 9.17) is 16.3 Å². The van der Waals surface area contributed by atoms with E-state index in [1.165, 1.54) is 13.3 Å². The Labute approximate surface area is 190 Å². The zero-order chi connectivity index (χ0) is 22.7. The molecule has 0 radical (unpaired) electrons. The Morgan fingerprint density at radius 2 is 1.75 bits per heavy atom. The number of nitrogens with zero attached hydrogens (tertiary/aromatic N) is 2. The van der Waals surface area contributed by atoms with Crippen LogP contribution in [0, 0.1) is 0 Å². The third kappa shape index (κ3) is 4.43. The molecule has 0 unspecified atom stereocenters. The number of nitrogens with one attached hydrogen (secondary N) is 1. The first-order valence-electron chi connectivity index (χ1n) is 10.3. The fourth-order valence-electron chi connectivity index (χ4n) is 4.12. The van der Waals surface area contributed by atoms with Gasteiger partial charge in [0.15, 0.2) is 0 Å². The number of aromatic nitrogens is 1. The van der Waals surface area contributed by atoms with Crippen molar-refractivity contribution in [3.05, 3.63) is 70.9 Å². The van der Waals surface area contributed by atoms with Gasteiger partial charge in [0.05, 0.1) is 17.7 Å². The van der Waals surface area contributed by atoms with Gasteiger partial charge in [0.1, 0.15) is 5.82 Å². The van der Waals surface area contributed by atoms with Gasteiger partial charge in [-0.05, 0) is 53.3 Å². The molecule has 2 amide bonds. The number of fused-ring (bicyclic) bond motifs is 1. The Kier molecular flexibility index (Phi) is 6.37. The predicted octanol–water partition coefficient (Wildman–Crippen LogP) is 4.02. The molecule has 0 bridgehead atoms. The van der Waals surface area contributed by atoms with E-state index in [0.29, 0.717) is 23.7 Å². The van der Waals surface area contributed by atoms with E-state index < -0.39 is 11.8 Å². The van der Waals surface area contributed by atoms with Crippen LogP contribution in [0.4, 0.5) is 5.82 Å². The standard InChI is InChI=1S/C24H22ClN3O4/c1-32-24(31)20-8-7-17(18-4-2-3-5-19(18)20)15-10-12-28(13-11-15)23(30)22(29)27-21-9-6-16(25)14-26-21/h2-9,14-15H,10-13H2,1H3,(H,26,27,29). The van der Waals surface area contributed by atoms with Crippen LogP contribution in [0.15, 0.2) is 54.7 Å². The molecule has 0 atom stereocenters. The topological polar surface area (TPSA) is 88.6 Å². The lowest BCUT2D eigenvalue weighted by molar-refractivity contribution is -0.143. The van der Waals surface area contributed by atoms with Crippen LogP contribution in [-0.2, 0) is 14.3 Å². The summed E-state index contributed by atoms with van der Waals surface area (Å²) in [4.78, 5) is 42.6. The second-order valence-electron chi connectivity index (χ2n) is 7.62. The summed E-state index contributed by atoms with van der Waals surface area (Å²) in [7, 11) is 1.37. The van der Waals surface area contributed by atoms with Crippen LogP contribution in [0.1, 0.15) is 34.7 Å². The highest BCUT2D eigenvalue weighted by atomic mass is 35.5. The molecule has 3 aromatic rings. The number of amides is 2. The van der Waals surface area contributed by atoms with Crippen molar-refractivity contribution >= 4 is 46.0 Å². The summed E-state index contributed by atoms with van der Waals surface area (Å²) >= 11 is 5.79. The molecule has 7 nitrogen and oxygen atoms in total. The second kappa shape index (κ2) is 9.36. The van der Waals surface area contributed by atoms with Crippen LogP contribution < -0.4 is 5.32 Å². The number of halogens is 1. The largest absolute Gasteiger partial charge is 0.465 e. The SMILES string of the molecule is COC(=O)c1ccc(C2CCN(C(=O)C(=O)Nc3ccc(Cl)cn3)CC2)c2ccccc12. The molecular formula is C24H22ClN3O4. The zero-order valence-corrected chi connectivity index (χ0v) is 18.3. The fourth-order valence-corrected chi connectivity index (χ4v) is 4.23. The molecule has 32 heavy (non-hydrogen) atoms. The molecule has 164 valence electrons. The van der Waals surface area contributed by atoms with Gasteiger partial charge in [-0.1, -0.05) is 41.9 Å². The number of piperidine rings is 1. The van der Waals surface area contributed by atoms with Gasteiger partial charge >= 0.3 is 17.8 Å². The number of pyridine rings is 1. The number of methoxy groups -OCH3 is 1. The third-order valence-electron chi connectivity index (χ3n) is 5.75. The van der Waals surface area contributed by atoms with Crippen LogP contribution in [0.5, 0.6) is 0 Å². The molecule has 1 aliphatic rings. The van der Waals surface area contributed by atoms with Gasteiger partial charge in [-0.2, -0.15) is 0 Å². The number of anilines is 1. The van der Waals surface area contributed by atoms with E-state index in [9.17, 15) is 14.4 Å². The monoisotopic (exact) mass is 451 g/mol. The molecule has 0 spiro atoms. The van der Waals surface area contributed by atoms with E-state index in [0.717, 1.165) is 29.2 Å². The number of benzene rings is 2. The highest BCUT2D eigenvalue weighted by Crippen LogP contribution is 2.34. The van der Waals surface area contributed by atoms with Crippen molar-refractivity contribution in [1.82, 2.24) is 9.88 Å². The summed E-state index contributed by atoms with van der Waals surface area (Å²) in [5.41, 5.74) is 1.67. The number of likely N-dealkylation sites (tertiary alicyclic amines) is 1. The molecule has 8 heteroatoms. The molecule has 1 aromatic heterocycles. The average Bonchev–Trinajstić information content (AvgIpc) is 2.84. The van der Waals surface area contributed by atoms with Crippen molar-refractivity contribution in [3.8, 4) is 0 Å². The number of esters is 1. The van der Waals surface area contributed by atoms with Gasteiger partial charge in [0, 0.05) is 19.3 Å². The quantitative estimate of drug-likeness (QED) is 0.480. The average molecular weight is 452 g/mol. The minimum atomic E-state index is -0.717. The Morgan fingerprint density at radius 3 is 2.41 bits per heavy atom. The van der Waals surface area contributed by atoms with Gasteiger partial charge in [-0.25, -0.2) is 9.78 Å². The zero-order valence-electron chi connectivity index (χ0n) is 17.5. The highest BCUT2D eigenvalue weighted by Gasteiger charge is 2.29. The summed E-state index contributed by atoms with van der Waals surface area (Å²) in [6.45, 7) is 0.941. The number of carbonyl (C=O) groups is 3. The van der Waals surface area contributed by atoms with Crippen molar-refractivity contribution in [2.24, 2.45) is 0 Å². The van der Waals surface area contributed by atoms with E-state index >= 15 is 0 Å². The van der Waals surface area contributed by atoms with Crippen LogP contribution in [0.3, 0.4) is 0 Å². The predicted molar refractivity (Wildman–Crippen MR) is 122 cm³/mol. The van der Waals surface area contributed by atoms with Crippen molar-refractivity contribution in [3.63, 3.8) is 0 Å². The second-order valence-corrected chi connectivity index (χ2v) is 8.06. The van der Waals surface area contributed by atoms with Crippen molar-refractivity contribution in [2.45, 2.75) is 18.8 Å². The normalized spacial score (nSPS) is 14.2. The molecule has 1 saturated heterocycles. The van der Waals surface area contributed by atoms with E-state index in [1.54, 1.807) is 23.1 Å². The fraction of sp³-hybridized carbons (Fsp3) is 0.250. The molecule has 1 aliphatic heterocycles. The lowest BCUT2D eigenvalue weighted by Gasteiger charge is -2.32. The molecule has 0 aliphatic carbocycles. The van der Waals surface area contributed by atoms with Gasteiger partial charge in [0.2, 0.25) is 0 Å². The van der Waals surface area contributed by atoms with Crippen molar-refractivity contribution in [2.75, 3.05) is 25.5 Å². The molecule has 1 fully saturated rings. The Hall–Kier alpha value is -3.45. The molecule has 2 aromatic carbocycles. The van der Waals surface area contributed by atoms with Gasteiger partial charge in [-0.15, -0.1) is 0 Å². The lowest BCUT2D eigenvalue weighted by atomic mass is 9.85. The minimum absolute atomic E-state index is 0.219. The Balaban J connectivity index is 1.45. The van der Waals surface area contributed by atoms with Crippen molar-refractivity contribution in [1.29, 1.82) is 0 Å². The lowest BCUT2D eigenvalue weighted by Crippen LogP contribution is -2.43. The minimum Gasteiger partial charge on any atom is -0.465 e. The first-order valence-corrected chi connectivity index (χ1v) is 10.7. The number of hydrogen-bond donors (Lipinski definition) is 1. The van der Waals surface area contributed by atoms with Crippen LogP contribution in [0.25, 0.3) is 10.8 Å². The Morgan fingerprint density at radius 1 is 1.03 bits per heavy atom. The first kappa shape index (κ1) is 21.8. The van der Waals surface area contributed by atoms with Crippen LogP contribution in [-0.4, -0.2) is 47.9 Å². The van der Waals surface area contributed by atoms with Crippen LogP contribution in [0.2, 0.25) is 5.02 Å². The molecule has 4 rings (SSSR count). The molecule has 1 N–H and O–H groups in total.